The second-order valence-corrected chi connectivity index (χ2v) is 5.66. The molecule has 2 unspecified atom stereocenters. The van der Waals surface area contributed by atoms with Crippen LogP contribution in [0.1, 0.15) is 24.2 Å². The normalized spacial score (nSPS) is 13.2. The van der Waals surface area contributed by atoms with Crippen LogP contribution < -0.4 is 10.6 Å². The van der Waals surface area contributed by atoms with Gasteiger partial charge in [0.15, 0.2) is 0 Å². The topological polar surface area (TPSA) is 61.4 Å². The summed E-state index contributed by atoms with van der Waals surface area (Å²) in [5.41, 5.74) is 1.30. The predicted molar refractivity (Wildman–Crippen MR) is 87.5 cm³/mol. The Labute approximate surface area is 139 Å². The SMILES string of the molecule is CC(Cc1cccc(F)c1)NC(=O)NCC(O)c1ccc(F)cc1. The lowest BCUT2D eigenvalue weighted by Crippen LogP contribution is -2.43. The van der Waals surface area contributed by atoms with Crippen molar-refractivity contribution in [2.24, 2.45) is 0 Å². The number of aliphatic hydroxyl groups is 1. The molecule has 0 fully saturated rings. The van der Waals surface area contributed by atoms with E-state index in [1.54, 1.807) is 19.1 Å². The maximum Gasteiger partial charge on any atom is 0.315 e. The van der Waals surface area contributed by atoms with Gasteiger partial charge in [-0.2, -0.15) is 0 Å². The summed E-state index contributed by atoms with van der Waals surface area (Å²) in [6.45, 7) is 1.81. The van der Waals surface area contributed by atoms with Crippen molar-refractivity contribution in [3.8, 4) is 0 Å². The Morgan fingerprint density at radius 3 is 2.50 bits per heavy atom. The van der Waals surface area contributed by atoms with Crippen molar-refractivity contribution >= 4 is 6.03 Å². The van der Waals surface area contributed by atoms with Crippen LogP contribution in [-0.4, -0.2) is 23.7 Å². The average molecular weight is 334 g/mol. The molecule has 0 aromatic heterocycles. The molecule has 2 atom stereocenters. The van der Waals surface area contributed by atoms with Gasteiger partial charge in [-0.15, -0.1) is 0 Å². The lowest BCUT2D eigenvalue weighted by Gasteiger charge is -2.17. The van der Waals surface area contributed by atoms with Crippen LogP contribution in [0.15, 0.2) is 48.5 Å². The fourth-order valence-corrected chi connectivity index (χ4v) is 2.34. The van der Waals surface area contributed by atoms with Gasteiger partial charge in [0, 0.05) is 12.6 Å². The van der Waals surface area contributed by atoms with Crippen LogP contribution in [0.25, 0.3) is 0 Å². The summed E-state index contributed by atoms with van der Waals surface area (Å²) in [6.07, 6.45) is -0.430. The molecular formula is C18H20F2N2O2. The number of hydrogen-bond acceptors (Lipinski definition) is 2. The second-order valence-electron chi connectivity index (χ2n) is 5.66. The molecular weight excluding hydrogens is 314 g/mol. The van der Waals surface area contributed by atoms with E-state index in [-0.39, 0.29) is 24.2 Å². The third-order valence-electron chi connectivity index (χ3n) is 3.52. The van der Waals surface area contributed by atoms with Crippen LogP contribution in [0.5, 0.6) is 0 Å². The zero-order valence-corrected chi connectivity index (χ0v) is 13.3. The van der Waals surface area contributed by atoms with E-state index in [2.05, 4.69) is 10.6 Å². The van der Waals surface area contributed by atoms with E-state index in [0.717, 1.165) is 5.56 Å². The van der Waals surface area contributed by atoms with E-state index in [9.17, 15) is 18.7 Å². The van der Waals surface area contributed by atoms with Gasteiger partial charge in [0.2, 0.25) is 0 Å². The van der Waals surface area contributed by atoms with Crippen molar-refractivity contribution in [1.29, 1.82) is 0 Å². The van der Waals surface area contributed by atoms with Crippen LogP contribution in [0.4, 0.5) is 13.6 Å². The Morgan fingerprint density at radius 2 is 1.83 bits per heavy atom. The van der Waals surface area contributed by atoms with Crippen LogP contribution in [0, 0.1) is 11.6 Å². The molecule has 0 spiro atoms. The number of amides is 2. The lowest BCUT2D eigenvalue weighted by atomic mass is 10.1. The first-order valence-electron chi connectivity index (χ1n) is 7.66. The Morgan fingerprint density at radius 1 is 1.12 bits per heavy atom. The van der Waals surface area contributed by atoms with Gasteiger partial charge in [0.05, 0.1) is 6.10 Å². The molecule has 0 radical (unpaired) electrons. The maximum atomic E-state index is 13.1. The van der Waals surface area contributed by atoms with Gasteiger partial charge in [0.25, 0.3) is 0 Å². The van der Waals surface area contributed by atoms with Gasteiger partial charge < -0.3 is 15.7 Å². The van der Waals surface area contributed by atoms with Crippen molar-refractivity contribution in [1.82, 2.24) is 10.6 Å². The number of aliphatic hydroxyl groups excluding tert-OH is 1. The number of rotatable bonds is 6. The molecule has 0 aliphatic heterocycles. The van der Waals surface area contributed by atoms with Crippen molar-refractivity contribution < 1.29 is 18.7 Å². The van der Waals surface area contributed by atoms with E-state index < -0.39 is 12.1 Å². The zero-order chi connectivity index (χ0) is 17.5. The second kappa shape index (κ2) is 8.40. The van der Waals surface area contributed by atoms with Crippen LogP contribution in [0.3, 0.4) is 0 Å². The van der Waals surface area contributed by atoms with Gasteiger partial charge in [-0.3, -0.25) is 0 Å². The summed E-state index contributed by atoms with van der Waals surface area (Å²) in [4.78, 5) is 11.8. The summed E-state index contributed by atoms with van der Waals surface area (Å²) in [7, 11) is 0. The van der Waals surface area contributed by atoms with E-state index >= 15 is 0 Å². The van der Waals surface area contributed by atoms with Crippen LogP contribution in [0.2, 0.25) is 0 Å². The standard InChI is InChI=1S/C18H20F2N2O2/c1-12(9-13-3-2-4-16(20)10-13)22-18(24)21-11-17(23)14-5-7-15(19)8-6-14/h2-8,10,12,17,23H,9,11H2,1H3,(H2,21,22,24). The molecule has 2 aromatic carbocycles. The first-order chi connectivity index (χ1) is 11.4. The summed E-state index contributed by atoms with van der Waals surface area (Å²) >= 11 is 0. The molecule has 0 saturated heterocycles. The molecule has 2 aromatic rings. The quantitative estimate of drug-likeness (QED) is 0.761. The number of carbonyl (C=O) groups is 1. The molecule has 6 heteroatoms. The Hall–Kier alpha value is -2.47. The van der Waals surface area contributed by atoms with Crippen molar-refractivity contribution in [3.05, 3.63) is 71.3 Å². The van der Waals surface area contributed by atoms with Crippen molar-refractivity contribution in [3.63, 3.8) is 0 Å². The first kappa shape index (κ1) is 17.9. The first-order valence-corrected chi connectivity index (χ1v) is 7.66. The minimum Gasteiger partial charge on any atom is -0.387 e. The highest BCUT2D eigenvalue weighted by molar-refractivity contribution is 5.74. The van der Waals surface area contributed by atoms with E-state index in [1.807, 2.05) is 0 Å². The van der Waals surface area contributed by atoms with Crippen molar-refractivity contribution in [2.45, 2.75) is 25.5 Å². The Bertz CT molecular complexity index is 677. The molecule has 2 rings (SSSR count). The van der Waals surface area contributed by atoms with Gasteiger partial charge in [-0.05, 0) is 48.7 Å². The molecule has 0 aliphatic rings. The zero-order valence-electron chi connectivity index (χ0n) is 13.3. The maximum absolute atomic E-state index is 13.1. The highest BCUT2D eigenvalue weighted by atomic mass is 19.1. The number of benzene rings is 2. The summed E-state index contributed by atoms with van der Waals surface area (Å²) in [5, 5.41) is 15.2. The van der Waals surface area contributed by atoms with Crippen molar-refractivity contribution in [2.75, 3.05) is 6.54 Å². The van der Waals surface area contributed by atoms with Crippen LogP contribution >= 0.6 is 0 Å². The molecule has 2 amide bonds. The smallest absolute Gasteiger partial charge is 0.315 e. The molecule has 24 heavy (non-hydrogen) atoms. The highest BCUT2D eigenvalue weighted by Crippen LogP contribution is 2.12. The lowest BCUT2D eigenvalue weighted by molar-refractivity contribution is 0.172. The summed E-state index contributed by atoms with van der Waals surface area (Å²) in [6, 6.07) is 11.0. The Kier molecular flexibility index (Phi) is 6.26. The molecule has 0 aliphatic carbocycles. The van der Waals surface area contributed by atoms with Crippen LogP contribution in [-0.2, 0) is 6.42 Å². The fourth-order valence-electron chi connectivity index (χ4n) is 2.34. The van der Waals surface area contributed by atoms with Gasteiger partial charge >= 0.3 is 6.03 Å². The fraction of sp³-hybridized carbons (Fsp3) is 0.278. The Balaban J connectivity index is 1.77. The number of halogens is 2. The molecule has 3 N–H and O–H groups in total. The molecule has 0 heterocycles. The number of nitrogens with one attached hydrogen (secondary N) is 2. The predicted octanol–water partition coefficient (Wildman–Crippen LogP) is 2.93. The molecule has 0 bridgehead atoms. The third-order valence-corrected chi connectivity index (χ3v) is 3.52. The summed E-state index contributed by atoms with van der Waals surface area (Å²) < 4.78 is 26.0. The highest BCUT2D eigenvalue weighted by Gasteiger charge is 2.12. The van der Waals surface area contributed by atoms with E-state index in [0.29, 0.717) is 12.0 Å². The third kappa shape index (κ3) is 5.62. The minimum atomic E-state index is -0.921. The summed E-state index contributed by atoms with van der Waals surface area (Å²) in [5.74, 6) is -0.700. The molecule has 4 nitrogen and oxygen atoms in total. The monoisotopic (exact) mass is 334 g/mol. The van der Waals surface area contributed by atoms with Gasteiger partial charge in [0.1, 0.15) is 11.6 Å². The largest absolute Gasteiger partial charge is 0.387 e. The number of urea groups is 1. The van der Waals surface area contributed by atoms with Gasteiger partial charge in [-0.25, -0.2) is 13.6 Å². The van der Waals surface area contributed by atoms with Gasteiger partial charge in [-0.1, -0.05) is 24.3 Å². The average Bonchev–Trinajstić information content (AvgIpc) is 2.53. The molecule has 128 valence electrons. The van der Waals surface area contributed by atoms with E-state index in [1.165, 1.54) is 36.4 Å². The number of hydrogen-bond donors (Lipinski definition) is 3. The number of carbonyl (C=O) groups excluding carboxylic acids is 1. The molecule has 0 saturated carbocycles. The van der Waals surface area contributed by atoms with E-state index in [4.69, 9.17) is 0 Å². The minimum absolute atomic E-state index is 0.00412.